The molecule has 1 aromatic carbocycles. The Morgan fingerprint density at radius 2 is 1.90 bits per heavy atom. The van der Waals surface area contributed by atoms with Crippen molar-refractivity contribution < 1.29 is 19.1 Å². The number of hydrogen-bond acceptors (Lipinski definition) is 5. The summed E-state index contributed by atoms with van der Waals surface area (Å²) in [4.78, 5) is 27.2. The summed E-state index contributed by atoms with van der Waals surface area (Å²) in [7, 11) is 1.32. The molecule has 0 N–H and O–H groups in total. The van der Waals surface area contributed by atoms with Gasteiger partial charge in [-0.3, -0.25) is 4.99 Å². The molecule has 0 heterocycles. The summed E-state index contributed by atoms with van der Waals surface area (Å²) in [5.41, 5.74) is 0.481. The van der Waals surface area contributed by atoms with Gasteiger partial charge in [-0.2, -0.15) is 0 Å². The van der Waals surface area contributed by atoms with Gasteiger partial charge in [0.1, 0.15) is 12.6 Å². The van der Waals surface area contributed by atoms with Crippen molar-refractivity contribution in [3.05, 3.63) is 35.9 Å². The van der Waals surface area contributed by atoms with Gasteiger partial charge in [-0.25, -0.2) is 9.59 Å². The van der Waals surface area contributed by atoms with Gasteiger partial charge < -0.3 is 9.47 Å². The Kier molecular flexibility index (Phi) is 6.43. The molecular formula is C15H19NO4. The third-order valence-corrected chi connectivity index (χ3v) is 2.64. The molecule has 0 saturated heterocycles. The minimum absolute atomic E-state index is 0.0172. The van der Waals surface area contributed by atoms with Crippen molar-refractivity contribution >= 4 is 18.2 Å². The first-order valence-electron chi connectivity index (χ1n) is 6.38. The maximum absolute atomic E-state index is 11.6. The number of esters is 2. The summed E-state index contributed by atoms with van der Waals surface area (Å²) < 4.78 is 9.69. The van der Waals surface area contributed by atoms with E-state index in [9.17, 15) is 9.59 Å². The largest absolute Gasteiger partial charge is 0.467 e. The molecule has 1 atom stereocenters. The number of hydrogen-bond donors (Lipinski definition) is 0. The van der Waals surface area contributed by atoms with E-state index in [1.807, 2.05) is 19.9 Å². The van der Waals surface area contributed by atoms with E-state index in [1.54, 1.807) is 24.3 Å². The van der Waals surface area contributed by atoms with Crippen LogP contribution in [-0.4, -0.2) is 37.9 Å². The fourth-order valence-corrected chi connectivity index (χ4v) is 1.55. The van der Waals surface area contributed by atoms with Crippen LogP contribution in [0.4, 0.5) is 0 Å². The Bertz CT molecular complexity index is 468. The molecule has 5 heteroatoms. The van der Waals surface area contributed by atoms with Gasteiger partial charge in [-0.1, -0.05) is 32.0 Å². The highest BCUT2D eigenvalue weighted by Crippen LogP contribution is 2.07. The number of ether oxygens (including phenoxy) is 2. The minimum atomic E-state index is -0.574. The number of carbonyl (C=O) groups excluding carboxylic acids is 2. The van der Waals surface area contributed by atoms with Crippen LogP contribution < -0.4 is 0 Å². The standard InChI is InChI=1S/C15H19NO4/c1-11(2)13(15(18)19-3)16-9-10-20-14(17)12-7-5-4-6-8-12/h4-9,11,13H,10H2,1-3H3/t13-/m0/s1. The van der Waals surface area contributed by atoms with Crippen LogP contribution in [0.25, 0.3) is 0 Å². The van der Waals surface area contributed by atoms with Crippen molar-refractivity contribution in [3.8, 4) is 0 Å². The first-order chi connectivity index (χ1) is 9.56. The zero-order valence-electron chi connectivity index (χ0n) is 11.9. The molecule has 0 spiro atoms. The van der Waals surface area contributed by atoms with Crippen molar-refractivity contribution in [1.82, 2.24) is 0 Å². The second-order valence-electron chi connectivity index (χ2n) is 4.51. The molecule has 0 bridgehead atoms. The van der Waals surface area contributed by atoms with Gasteiger partial charge in [0, 0.05) is 6.21 Å². The van der Waals surface area contributed by atoms with E-state index in [-0.39, 0.29) is 12.5 Å². The van der Waals surface area contributed by atoms with Gasteiger partial charge in [0.25, 0.3) is 0 Å². The number of benzene rings is 1. The van der Waals surface area contributed by atoms with Crippen molar-refractivity contribution in [1.29, 1.82) is 0 Å². The van der Waals surface area contributed by atoms with Crippen LogP contribution in [0.1, 0.15) is 24.2 Å². The highest BCUT2D eigenvalue weighted by Gasteiger charge is 2.20. The summed E-state index contributed by atoms with van der Waals surface area (Å²) in [6, 6.07) is 8.11. The predicted molar refractivity (Wildman–Crippen MR) is 75.9 cm³/mol. The topological polar surface area (TPSA) is 65.0 Å². The molecule has 108 valence electrons. The lowest BCUT2D eigenvalue weighted by molar-refractivity contribution is -0.143. The van der Waals surface area contributed by atoms with Gasteiger partial charge >= 0.3 is 11.9 Å². The molecule has 0 unspecified atom stereocenters. The molecule has 1 rings (SSSR count). The Labute approximate surface area is 118 Å². The number of carbonyl (C=O) groups is 2. The maximum atomic E-state index is 11.6. The van der Waals surface area contributed by atoms with Crippen LogP contribution in [0.5, 0.6) is 0 Å². The molecule has 5 nitrogen and oxygen atoms in total. The van der Waals surface area contributed by atoms with E-state index in [1.165, 1.54) is 13.3 Å². The molecule has 0 amide bonds. The average molecular weight is 277 g/mol. The summed E-state index contributed by atoms with van der Waals surface area (Å²) in [5, 5.41) is 0. The normalized spacial score (nSPS) is 12.4. The molecule has 0 radical (unpaired) electrons. The van der Waals surface area contributed by atoms with Crippen LogP contribution >= 0.6 is 0 Å². The lowest BCUT2D eigenvalue weighted by Crippen LogP contribution is -2.26. The van der Waals surface area contributed by atoms with Gasteiger partial charge in [0.15, 0.2) is 0 Å². The fraction of sp³-hybridized carbons (Fsp3) is 0.400. The third kappa shape index (κ3) is 4.84. The van der Waals surface area contributed by atoms with Crippen LogP contribution in [0.15, 0.2) is 35.3 Å². The van der Waals surface area contributed by atoms with E-state index in [2.05, 4.69) is 9.73 Å². The molecule has 0 aliphatic carbocycles. The quantitative estimate of drug-likeness (QED) is 0.590. The smallest absolute Gasteiger partial charge is 0.338 e. The zero-order chi connectivity index (χ0) is 15.0. The molecule has 0 aliphatic rings. The number of rotatable bonds is 6. The van der Waals surface area contributed by atoms with Gasteiger partial charge in [-0.15, -0.1) is 0 Å². The summed E-state index contributed by atoms with van der Waals surface area (Å²) >= 11 is 0. The monoisotopic (exact) mass is 277 g/mol. The van der Waals surface area contributed by atoms with E-state index < -0.39 is 18.0 Å². The first-order valence-corrected chi connectivity index (χ1v) is 6.38. The Hall–Kier alpha value is -2.17. The highest BCUT2D eigenvalue weighted by atomic mass is 16.5. The molecule has 0 saturated carbocycles. The van der Waals surface area contributed by atoms with Gasteiger partial charge in [0.2, 0.25) is 0 Å². The molecule has 0 aliphatic heterocycles. The molecule has 0 fully saturated rings. The molecule has 1 aromatic rings. The lowest BCUT2D eigenvalue weighted by atomic mass is 10.1. The predicted octanol–water partition coefficient (Wildman–Crippen LogP) is 2.11. The third-order valence-electron chi connectivity index (χ3n) is 2.64. The van der Waals surface area contributed by atoms with Crippen molar-refractivity contribution in [2.45, 2.75) is 19.9 Å². The number of aliphatic imine (C=N–C) groups is 1. The van der Waals surface area contributed by atoms with Gasteiger partial charge in [-0.05, 0) is 18.1 Å². The molecule has 20 heavy (non-hydrogen) atoms. The van der Waals surface area contributed by atoms with Crippen LogP contribution in [-0.2, 0) is 14.3 Å². The lowest BCUT2D eigenvalue weighted by Gasteiger charge is -2.13. The Morgan fingerprint density at radius 3 is 2.45 bits per heavy atom. The summed E-state index contributed by atoms with van der Waals surface area (Å²) in [6.45, 7) is 3.76. The van der Waals surface area contributed by atoms with E-state index >= 15 is 0 Å². The minimum Gasteiger partial charge on any atom is -0.467 e. The van der Waals surface area contributed by atoms with E-state index in [0.29, 0.717) is 5.56 Å². The fourth-order valence-electron chi connectivity index (χ4n) is 1.55. The highest BCUT2D eigenvalue weighted by molar-refractivity contribution is 5.90. The van der Waals surface area contributed by atoms with E-state index in [0.717, 1.165) is 0 Å². The average Bonchev–Trinajstić information content (AvgIpc) is 2.46. The Balaban J connectivity index is 2.48. The van der Waals surface area contributed by atoms with Crippen molar-refractivity contribution in [2.75, 3.05) is 13.7 Å². The second-order valence-corrected chi connectivity index (χ2v) is 4.51. The SMILES string of the molecule is COC(=O)[C@@H](N=CCOC(=O)c1ccccc1)C(C)C. The van der Waals surface area contributed by atoms with Crippen molar-refractivity contribution in [3.63, 3.8) is 0 Å². The number of methoxy groups -OCH3 is 1. The van der Waals surface area contributed by atoms with Gasteiger partial charge in [0.05, 0.1) is 12.7 Å². The summed E-state index contributed by atoms with van der Waals surface area (Å²) in [6.07, 6.45) is 1.42. The second kappa shape index (κ2) is 8.09. The number of nitrogens with zero attached hydrogens (tertiary/aromatic N) is 1. The zero-order valence-corrected chi connectivity index (χ0v) is 11.9. The van der Waals surface area contributed by atoms with Crippen LogP contribution in [0, 0.1) is 5.92 Å². The Morgan fingerprint density at radius 1 is 1.25 bits per heavy atom. The van der Waals surface area contributed by atoms with Crippen LogP contribution in [0.2, 0.25) is 0 Å². The van der Waals surface area contributed by atoms with Crippen molar-refractivity contribution in [2.24, 2.45) is 10.9 Å². The molecule has 0 aromatic heterocycles. The first kappa shape index (κ1) is 15.9. The summed E-state index contributed by atoms with van der Waals surface area (Å²) in [5.74, 6) is -0.801. The van der Waals surface area contributed by atoms with E-state index in [4.69, 9.17) is 4.74 Å². The van der Waals surface area contributed by atoms with Crippen LogP contribution in [0.3, 0.4) is 0 Å². The molecular weight excluding hydrogens is 258 g/mol. The maximum Gasteiger partial charge on any atom is 0.338 e.